The van der Waals surface area contributed by atoms with Gasteiger partial charge in [-0.1, -0.05) is 0 Å². The zero-order valence-electron chi connectivity index (χ0n) is 9.50. The Morgan fingerprint density at radius 1 is 1.50 bits per heavy atom. The van der Waals surface area contributed by atoms with Gasteiger partial charge in [0.1, 0.15) is 6.33 Å². The van der Waals surface area contributed by atoms with E-state index in [-0.39, 0.29) is 24.2 Å². The predicted octanol–water partition coefficient (Wildman–Crippen LogP) is -0.693. The summed E-state index contributed by atoms with van der Waals surface area (Å²) in [5.41, 5.74) is -0.662. The summed E-state index contributed by atoms with van der Waals surface area (Å²) in [6, 6.07) is 0. The van der Waals surface area contributed by atoms with Gasteiger partial charge in [-0.2, -0.15) is 5.10 Å². The summed E-state index contributed by atoms with van der Waals surface area (Å²) in [4.78, 5) is 26.6. The van der Waals surface area contributed by atoms with E-state index in [4.69, 9.17) is 0 Å². The predicted molar refractivity (Wildman–Crippen MR) is 56.6 cm³/mol. The van der Waals surface area contributed by atoms with Crippen molar-refractivity contribution in [1.82, 2.24) is 25.8 Å². The van der Waals surface area contributed by atoms with Crippen LogP contribution in [0.2, 0.25) is 0 Å². The van der Waals surface area contributed by atoms with Crippen LogP contribution in [0.15, 0.2) is 6.33 Å². The number of hydrogen-bond donors (Lipinski definition) is 3. The second-order valence-electron chi connectivity index (χ2n) is 3.98. The minimum absolute atomic E-state index is 0.132. The zero-order chi connectivity index (χ0) is 12.2. The maximum absolute atomic E-state index is 11.5. The summed E-state index contributed by atoms with van der Waals surface area (Å²) >= 11 is 0. The van der Waals surface area contributed by atoms with Crippen LogP contribution in [0.1, 0.15) is 24.5 Å². The number of amides is 2. The lowest BCUT2D eigenvalue weighted by Gasteiger charge is -2.22. The lowest BCUT2D eigenvalue weighted by Crippen LogP contribution is -2.43. The summed E-state index contributed by atoms with van der Waals surface area (Å²) in [6.07, 6.45) is 1.25. The van der Waals surface area contributed by atoms with Crippen molar-refractivity contribution < 1.29 is 9.59 Å². The molecule has 1 aromatic heterocycles. The molecule has 0 unspecified atom stereocenters. The van der Waals surface area contributed by atoms with Gasteiger partial charge in [-0.3, -0.25) is 14.7 Å². The molecule has 0 aliphatic carbocycles. The summed E-state index contributed by atoms with van der Waals surface area (Å²) in [7, 11) is 1.56. The fourth-order valence-electron chi connectivity index (χ4n) is 1.12. The lowest BCUT2D eigenvalue weighted by molar-refractivity contribution is -0.128. The van der Waals surface area contributed by atoms with Crippen LogP contribution >= 0.6 is 0 Å². The van der Waals surface area contributed by atoms with E-state index in [1.807, 2.05) is 0 Å². The number of rotatable bonds is 4. The van der Waals surface area contributed by atoms with Gasteiger partial charge >= 0.3 is 0 Å². The quantitative estimate of drug-likeness (QED) is 0.631. The molecule has 0 aliphatic heterocycles. The Kier molecular flexibility index (Phi) is 3.60. The van der Waals surface area contributed by atoms with E-state index in [0.717, 1.165) is 0 Å². The van der Waals surface area contributed by atoms with E-state index in [1.165, 1.54) is 6.33 Å². The number of nitrogens with zero attached hydrogens (tertiary/aromatic N) is 2. The van der Waals surface area contributed by atoms with E-state index in [9.17, 15) is 9.59 Å². The van der Waals surface area contributed by atoms with Crippen LogP contribution in [0.3, 0.4) is 0 Å². The van der Waals surface area contributed by atoms with Gasteiger partial charge in [0.2, 0.25) is 11.7 Å². The Balaban J connectivity index is 2.52. The minimum Gasteiger partial charge on any atom is -0.359 e. The maximum atomic E-state index is 11.5. The zero-order valence-corrected chi connectivity index (χ0v) is 9.50. The van der Waals surface area contributed by atoms with Gasteiger partial charge in [-0.25, -0.2) is 4.98 Å². The first kappa shape index (κ1) is 12.2. The number of carbonyl (C=O) groups excluding carboxylic acids is 2. The second kappa shape index (κ2) is 4.73. The topological polar surface area (TPSA) is 99.8 Å². The van der Waals surface area contributed by atoms with Crippen molar-refractivity contribution in [2.24, 2.45) is 5.41 Å². The SMILES string of the molecule is CNC(=O)C(C)(C)CNC(=O)c1ncn[nH]1. The molecule has 1 aromatic rings. The second-order valence-corrected chi connectivity index (χ2v) is 3.98. The molecule has 0 radical (unpaired) electrons. The highest BCUT2D eigenvalue weighted by Crippen LogP contribution is 2.13. The molecule has 16 heavy (non-hydrogen) atoms. The number of hydrogen-bond acceptors (Lipinski definition) is 4. The van der Waals surface area contributed by atoms with Crippen molar-refractivity contribution in [3.05, 3.63) is 12.2 Å². The van der Waals surface area contributed by atoms with Crippen LogP contribution in [0.25, 0.3) is 0 Å². The van der Waals surface area contributed by atoms with Crippen LogP contribution in [0, 0.1) is 5.41 Å². The van der Waals surface area contributed by atoms with Crippen molar-refractivity contribution in [2.75, 3.05) is 13.6 Å². The van der Waals surface area contributed by atoms with Gasteiger partial charge in [-0.15, -0.1) is 0 Å². The molecule has 0 aliphatic rings. The first-order chi connectivity index (χ1) is 7.47. The Bertz CT molecular complexity index is 371. The molecule has 0 atom stereocenters. The molecular formula is C9H15N5O2. The van der Waals surface area contributed by atoms with Gasteiger partial charge in [0.15, 0.2) is 0 Å². The van der Waals surface area contributed by atoms with E-state index in [1.54, 1.807) is 20.9 Å². The highest BCUT2D eigenvalue weighted by Gasteiger charge is 2.27. The molecule has 3 N–H and O–H groups in total. The molecule has 0 spiro atoms. The highest BCUT2D eigenvalue weighted by atomic mass is 16.2. The highest BCUT2D eigenvalue weighted by molar-refractivity contribution is 5.91. The Morgan fingerprint density at radius 3 is 2.69 bits per heavy atom. The molecule has 7 nitrogen and oxygen atoms in total. The molecule has 0 aromatic carbocycles. The van der Waals surface area contributed by atoms with Gasteiger partial charge in [0.05, 0.1) is 5.41 Å². The Labute approximate surface area is 93.0 Å². The number of aromatic amines is 1. The normalized spacial score (nSPS) is 10.9. The maximum Gasteiger partial charge on any atom is 0.288 e. The van der Waals surface area contributed by atoms with E-state index >= 15 is 0 Å². The van der Waals surface area contributed by atoms with Gasteiger partial charge in [0.25, 0.3) is 5.91 Å². The third-order valence-electron chi connectivity index (χ3n) is 2.16. The molecule has 0 saturated carbocycles. The van der Waals surface area contributed by atoms with Crippen molar-refractivity contribution in [1.29, 1.82) is 0 Å². The Morgan fingerprint density at radius 2 is 2.19 bits per heavy atom. The largest absolute Gasteiger partial charge is 0.359 e. The fraction of sp³-hybridized carbons (Fsp3) is 0.556. The molecule has 0 saturated heterocycles. The average Bonchev–Trinajstić information content (AvgIpc) is 2.78. The van der Waals surface area contributed by atoms with Gasteiger partial charge < -0.3 is 10.6 Å². The monoisotopic (exact) mass is 225 g/mol. The summed E-state index contributed by atoms with van der Waals surface area (Å²) in [5.74, 6) is -0.382. The smallest absolute Gasteiger partial charge is 0.288 e. The molecule has 1 heterocycles. The number of carbonyl (C=O) groups is 2. The van der Waals surface area contributed by atoms with Crippen molar-refractivity contribution in [3.8, 4) is 0 Å². The first-order valence-electron chi connectivity index (χ1n) is 4.83. The number of H-pyrrole nitrogens is 1. The lowest BCUT2D eigenvalue weighted by atomic mass is 9.92. The van der Waals surface area contributed by atoms with Gasteiger partial charge in [-0.05, 0) is 13.8 Å². The van der Waals surface area contributed by atoms with Crippen LogP contribution in [0.4, 0.5) is 0 Å². The van der Waals surface area contributed by atoms with E-state index < -0.39 is 5.41 Å². The molecular weight excluding hydrogens is 210 g/mol. The molecule has 0 fully saturated rings. The van der Waals surface area contributed by atoms with Crippen molar-refractivity contribution >= 4 is 11.8 Å². The van der Waals surface area contributed by atoms with Crippen LogP contribution in [0.5, 0.6) is 0 Å². The average molecular weight is 225 g/mol. The van der Waals surface area contributed by atoms with Crippen LogP contribution in [-0.4, -0.2) is 40.6 Å². The van der Waals surface area contributed by atoms with Crippen molar-refractivity contribution in [2.45, 2.75) is 13.8 Å². The third-order valence-corrected chi connectivity index (χ3v) is 2.16. The van der Waals surface area contributed by atoms with E-state index in [0.29, 0.717) is 0 Å². The molecule has 0 bridgehead atoms. The Hall–Kier alpha value is -1.92. The van der Waals surface area contributed by atoms with Crippen LogP contribution in [-0.2, 0) is 4.79 Å². The molecule has 1 rings (SSSR count). The molecule has 2 amide bonds. The summed E-state index contributed by atoms with van der Waals surface area (Å²) < 4.78 is 0. The summed E-state index contributed by atoms with van der Waals surface area (Å²) in [5, 5.41) is 11.2. The van der Waals surface area contributed by atoms with Gasteiger partial charge in [0, 0.05) is 13.6 Å². The van der Waals surface area contributed by atoms with Crippen molar-refractivity contribution in [3.63, 3.8) is 0 Å². The van der Waals surface area contributed by atoms with E-state index in [2.05, 4.69) is 25.8 Å². The standard InChI is InChI=1S/C9H15N5O2/c1-9(2,8(16)10-3)4-11-7(15)6-12-5-13-14-6/h5H,4H2,1-3H3,(H,10,16)(H,11,15)(H,12,13,14). The summed E-state index contributed by atoms with van der Waals surface area (Å²) in [6.45, 7) is 3.71. The number of aromatic nitrogens is 3. The third kappa shape index (κ3) is 2.78. The molecule has 7 heteroatoms. The first-order valence-corrected chi connectivity index (χ1v) is 4.83. The molecule has 88 valence electrons. The fourth-order valence-corrected chi connectivity index (χ4v) is 1.12. The minimum atomic E-state index is -0.662. The number of nitrogens with one attached hydrogen (secondary N) is 3. The van der Waals surface area contributed by atoms with Crippen LogP contribution < -0.4 is 10.6 Å².